The molecule has 21 heavy (non-hydrogen) atoms. The minimum absolute atomic E-state index is 0. The van der Waals surface area contributed by atoms with E-state index in [0.717, 1.165) is 6.42 Å². The predicted octanol–water partition coefficient (Wildman–Crippen LogP) is 2.11. The number of nitrogens with one attached hydrogen (secondary N) is 1. The SMILES string of the molecule is CC(Cn1cccn1)NC(=O)C(N)CC1CCCCC1.Cl. The van der Waals surface area contributed by atoms with E-state index in [-0.39, 0.29) is 30.4 Å². The lowest BCUT2D eigenvalue weighted by Gasteiger charge is -2.25. The Labute approximate surface area is 133 Å². The normalized spacial score (nSPS) is 18.6. The predicted molar refractivity (Wildman–Crippen MR) is 86.2 cm³/mol. The van der Waals surface area contributed by atoms with Gasteiger partial charge in [0.1, 0.15) is 0 Å². The molecule has 0 spiro atoms. The summed E-state index contributed by atoms with van der Waals surface area (Å²) in [5.41, 5.74) is 6.04. The summed E-state index contributed by atoms with van der Waals surface area (Å²) < 4.78 is 1.82. The maximum Gasteiger partial charge on any atom is 0.237 e. The van der Waals surface area contributed by atoms with Crippen LogP contribution in [0.4, 0.5) is 0 Å². The molecular formula is C15H27ClN4O. The van der Waals surface area contributed by atoms with Gasteiger partial charge in [-0.25, -0.2) is 0 Å². The molecule has 1 aliphatic carbocycles. The third-order valence-electron chi connectivity index (χ3n) is 4.06. The molecule has 6 heteroatoms. The average molecular weight is 315 g/mol. The Kier molecular flexibility index (Phi) is 7.75. The highest BCUT2D eigenvalue weighted by Crippen LogP contribution is 2.26. The fourth-order valence-corrected chi connectivity index (χ4v) is 2.97. The molecule has 2 rings (SSSR count). The molecule has 1 amide bonds. The van der Waals surface area contributed by atoms with Crippen LogP contribution in [0, 0.1) is 5.92 Å². The van der Waals surface area contributed by atoms with Gasteiger partial charge in [0, 0.05) is 18.4 Å². The van der Waals surface area contributed by atoms with E-state index in [4.69, 9.17) is 5.73 Å². The molecule has 1 aromatic heterocycles. The molecule has 0 saturated heterocycles. The van der Waals surface area contributed by atoms with Crippen molar-refractivity contribution in [2.45, 2.75) is 64.1 Å². The monoisotopic (exact) mass is 314 g/mol. The maximum atomic E-state index is 12.1. The van der Waals surface area contributed by atoms with Crippen molar-refractivity contribution in [3.05, 3.63) is 18.5 Å². The summed E-state index contributed by atoms with van der Waals surface area (Å²) in [5.74, 6) is 0.598. The van der Waals surface area contributed by atoms with Gasteiger partial charge in [-0.3, -0.25) is 9.48 Å². The van der Waals surface area contributed by atoms with Crippen LogP contribution in [0.1, 0.15) is 45.4 Å². The van der Waals surface area contributed by atoms with Gasteiger partial charge in [-0.1, -0.05) is 32.1 Å². The third kappa shape index (κ3) is 6.06. The van der Waals surface area contributed by atoms with Crippen molar-refractivity contribution in [1.29, 1.82) is 0 Å². The lowest BCUT2D eigenvalue weighted by Crippen LogP contribution is -2.46. The summed E-state index contributed by atoms with van der Waals surface area (Å²) in [6, 6.07) is 1.54. The highest BCUT2D eigenvalue weighted by molar-refractivity contribution is 5.85. The number of carbonyl (C=O) groups excluding carboxylic acids is 1. The van der Waals surface area contributed by atoms with Crippen molar-refractivity contribution in [2.75, 3.05) is 0 Å². The van der Waals surface area contributed by atoms with Crippen LogP contribution >= 0.6 is 12.4 Å². The van der Waals surface area contributed by atoms with Crippen molar-refractivity contribution in [2.24, 2.45) is 11.7 Å². The molecule has 1 aromatic rings. The number of nitrogens with two attached hydrogens (primary N) is 1. The van der Waals surface area contributed by atoms with Crippen LogP contribution in [-0.4, -0.2) is 27.8 Å². The lowest BCUT2D eigenvalue weighted by molar-refractivity contribution is -0.123. The minimum Gasteiger partial charge on any atom is -0.350 e. The van der Waals surface area contributed by atoms with E-state index < -0.39 is 0 Å². The Balaban J connectivity index is 0.00000220. The summed E-state index contributed by atoms with van der Waals surface area (Å²) in [7, 11) is 0. The fourth-order valence-electron chi connectivity index (χ4n) is 2.97. The first-order chi connectivity index (χ1) is 9.65. The van der Waals surface area contributed by atoms with E-state index >= 15 is 0 Å². The molecule has 2 unspecified atom stereocenters. The summed E-state index contributed by atoms with van der Waals surface area (Å²) in [6.45, 7) is 2.65. The molecule has 1 aliphatic rings. The standard InChI is InChI=1S/C15H26N4O.ClH/c1-12(11-19-9-5-8-17-19)18-15(20)14(16)10-13-6-3-2-4-7-13;/h5,8-9,12-14H,2-4,6-7,10-11,16H2,1H3,(H,18,20);1H. The molecule has 120 valence electrons. The second kappa shape index (κ2) is 9.05. The Bertz CT molecular complexity index is 404. The zero-order valence-corrected chi connectivity index (χ0v) is 13.5. The van der Waals surface area contributed by atoms with Crippen molar-refractivity contribution >= 4 is 18.3 Å². The summed E-state index contributed by atoms with van der Waals surface area (Å²) >= 11 is 0. The maximum absolute atomic E-state index is 12.1. The first kappa shape index (κ1) is 18.0. The fraction of sp³-hybridized carbons (Fsp3) is 0.733. The number of nitrogens with zero attached hydrogens (tertiary/aromatic N) is 2. The van der Waals surface area contributed by atoms with Gasteiger partial charge < -0.3 is 11.1 Å². The minimum atomic E-state index is -0.377. The van der Waals surface area contributed by atoms with Crippen molar-refractivity contribution < 1.29 is 4.79 Å². The van der Waals surface area contributed by atoms with Crippen LogP contribution in [0.5, 0.6) is 0 Å². The number of halogens is 1. The van der Waals surface area contributed by atoms with E-state index in [1.807, 2.05) is 23.9 Å². The summed E-state index contributed by atoms with van der Waals surface area (Å²) in [5, 5.41) is 7.12. The smallest absolute Gasteiger partial charge is 0.237 e. The van der Waals surface area contributed by atoms with Crippen LogP contribution in [0.25, 0.3) is 0 Å². The van der Waals surface area contributed by atoms with E-state index in [0.29, 0.717) is 12.5 Å². The van der Waals surface area contributed by atoms with Gasteiger partial charge in [-0.15, -0.1) is 12.4 Å². The molecule has 0 aliphatic heterocycles. The Morgan fingerprint density at radius 3 is 2.76 bits per heavy atom. The molecule has 0 radical (unpaired) electrons. The Morgan fingerprint density at radius 1 is 1.43 bits per heavy atom. The van der Waals surface area contributed by atoms with Crippen molar-refractivity contribution in [3.63, 3.8) is 0 Å². The molecule has 0 bridgehead atoms. The first-order valence-corrected chi connectivity index (χ1v) is 7.68. The Morgan fingerprint density at radius 2 is 2.14 bits per heavy atom. The highest BCUT2D eigenvalue weighted by atomic mass is 35.5. The Hall–Kier alpha value is -1.07. The second-order valence-corrected chi connectivity index (χ2v) is 5.98. The molecule has 1 fully saturated rings. The zero-order chi connectivity index (χ0) is 14.4. The largest absolute Gasteiger partial charge is 0.350 e. The van der Waals surface area contributed by atoms with Gasteiger partial charge in [0.15, 0.2) is 0 Å². The van der Waals surface area contributed by atoms with Crippen LogP contribution in [0.2, 0.25) is 0 Å². The number of rotatable bonds is 6. The molecule has 3 N–H and O–H groups in total. The first-order valence-electron chi connectivity index (χ1n) is 7.68. The second-order valence-electron chi connectivity index (χ2n) is 5.98. The van der Waals surface area contributed by atoms with Gasteiger partial charge in [0.05, 0.1) is 12.6 Å². The molecule has 0 aromatic carbocycles. The number of hydrogen-bond acceptors (Lipinski definition) is 3. The number of aromatic nitrogens is 2. The van der Waals surface area contributed by atoms with Crippen LogP contribution in [0.3, 0.4) is 0 Å². The topological polar surface area (TPSA) is 72.9 Å². The quantitative estimate of drug-likeness (QED) is 0.844. The van der Waals surface area contributed by atoms with Crippen LogP contribution in [0.15, 0.2) is 18.5 Å². The van der Waals surface area contributed by atoms with E-state index in [2.05, 4.69) is 10.4 Å². The molecule has 1 heterocycles. The van der Waals surface area contributed by atoms with Crippen LogP contribution in [-0.2, 0) is 11.3 Å². The highest BCUT2D eigenvalue weighted by Gasteiger charge is 2.22. The van der Waals surface area contributed by atoms with Gasteiger partial charge in [-0.05, 0) is 25.3 Å². The van der Waals surface area contributed by atoms with E-state index in [1.165, 1.54) is 32.1 Å². The number of hydrogen-bond donors (Lipinski definition) is 2. The summed E-state index contributed by atoms with van der Waals surface area (Å²) in [6.07, 6.45) is 10.8. The third-order valence-corrected chi connectivity index (χ3v) is 4.06. The van der Waals surface area contributed by atoms with Crippen molar-refractivity contribution in [3.8, 4) is 0 Å². The molecule has 5 nitrogen and oxygen atoms in total. The van der Waals surface area contributed by atoms with Crippen molar-refractivity contribution in [1.82, 2.24) is 15.1 Å². The summed E-state index contributed by atoms with van der Waals surface area (Å²) in [4.78, 5) is 12.1. The van der Waals surface area contributed by atoms with Gasteiger partial charge in [0.2, 0.25) is 5.91 Å². The molecular weight excluding hydrogens is 288 g/mol. The van der Waals surface area contributed by atoms with E-state index in [9.17, 15) is 4.79 Å². The molecule has 1 saturated carbocycles. The lowest BCUT2D eigenvalue weighted by atomic mass is 9.85. The van der Waals surface area contributed by atoms with Gasteiger partial charge >= 0.3 is 0 Å². The van der Waals surface area contributed by atoms with E-state index in [1.54, 1.807) is 6.20 Å². The van der Waals surface area contributed by atoms with Gasteiger partial charge in [-0.2, -0.15) is 5.10 Å². The molecule has 2 atom stereocenters. The number of carbonyl (C=O) groups is 1. The zero-order valence-electron chi connectivity index (χ0n) is 12.7. The van der Waals surface area contributed by atoms with Gasteiger partial charge in [0.25, 0.3) is 0 Å². The van der Waals surface area contributed by atoms with Crippen LogP contribution < -0.4 is 11.1 Å². The average Bonchev–Trinajstić information content (AvgIpc) is 2.92. The number of amides is 1.